The minimum Gasteiger partial charge on any atom is -0.381 e. The van der Waals surface area contributed by atoms with Crippen LogP contribution in [0.1, 0.15) is 12.8 Å². The van der Waals surface area contributed by atoms with Crippen LogP contribution in [0.5, 0.6) is 0 Å². The van der Waals surface area contributed by atoms with E-state index < -0.39 is 0 Å². The lowest BCUT2D eigenvalue weighted by atomic mass is 10.1. The van der Waals surface area contributed by atoms with Gasteiger partial charge in [-0.25, -0.2) is 4.98 Å². The summed E-state index contributed by atoms with van der Waals surface area (Å²) in [6.45, 7) is 2.14. The van der Waals surface area contributed by atoms with Crippen molar-refractivity contribution >= 4 is 22.5 Å². The predicted octanol–water partition coefficient (Wildman–Crippen LogP) is 2.68. The fourth-order valence-electron chi connectivity index (χ4n) is 3.65. The highest BCUT2D eigenvalue weighted by molar-refractivity contribution is 5.94. The minimum atomic E-state index is -0.0360. The molecule has 7 heteroatoms. The van der Waals surface area contributed by atoms with Crippen LogP contribution in [0.2, 0.25) is 0 Å². The minimum absolute atomic E-state index is 0.0360. The van der Waals surface area contributed by atoms with E-state index in [0.29, 0.717) is 18.5 Å². The van der Waals surface area contributed by atoms with Crippen molar-refractivity contribution in [2.24, 2.45) is 7.05 Å². The van der Waals surface area contributed by atoms with Gasteiger partial charge in [0.25, 0.3) is 0 Å². The number of ether oxygens (including phenoxy) is 1. The summed E-state index contributed by atoms with van der Waals surface area (Å²) in [5.74, 6) is 0.541. The van der Waals surface area contributed by atoms with Gasteiger partial charge in [-0.05, 0) is 35.9 Å². The Morgan fingerprint density at radius 2 is 2.00 bits per heavy atom. The van der Waals surface area contributed by atoms with Gasteiger partial charge < -0.3 is 10.1 Å². The van der Waals surface area contributed by atoms with Gasteiger partial charge in [-0.3, -0.25) is 14.4 Å². The number of aromatic nitrogens is 3. The second-order valence-corrected chi connectivity index (χ2v) is 7.29. The number of piperidine rings is 1. The molecule has 1 aliphatic rings. The first kappa shape index (κ1) is 18.6. The molecule has 0 aliphatic carbocycles. The van der Waals surface area contributed by atoms with Gasteiger partial charge in [-0.1, -0.05) is 12.1 Å². The molecule has 28 heavy (non-hydrogen) atoms. The summed E-state index contributed by atoms with van der Waals surface area (Å²) in [6, 6.07) is 8.11. The maximum atomic E-state index is 12.4. The standard InChI is InChI=1S/C21H25N5O2/c1-25-13-18(12-23-25)15-3-4-16-11-22-20(10-17(16)9-15)24-21(27)14-26-7-5-19(28-2)6-8-26/h3-4,9-13,19H,5-8,14H2,1-2H3,(H,22,24,27). The van der Waals surface area contributed by atoms with Crippen LogP contribution in [0.15, 0.2) is 42.9 Å². The summed E-state index contributed by atoms with van der Waals surface area (Å²) < 4.78 is 7.17. The number of amides is 1. The topological polar surface area (TPSA) is 72.3 Å². The molecular weight excluding hydrogens is 354 g/mol. The quantitative estimate of drug-likeness (QED) is 0.738. The lowest BCUT2D eigenvalue weighted by molar-refractivity contribution is -0.117. The zero-order valence-corrected chi connectivity index (χ0v) is 16.3. The van der Waals surface area contributed by atoms with Gasteiger partial charge in [0.05, 0.1) is 18.8 Å². The van der Waals surface area contributed by atoms with E-state index in [1.165, 1.54) is 0 Å². The van der Waals surface area contributed by atoms with Gasteiger partial charge in [-0.15, -0.1) is 0 Å². The molecule has 7 nitrogen and oxygen atoms in total. The number of aryl methyl sites for hydroxylation is 1. The summed E-state index contributed by atoms with van der Waals surface area (Å²) >= 11 is 0. The molecule has 2 aromatic heterocycles. The number of benzene rings is 1. The van der Waals surface area contributed by atoms with Crippen LogP contribution < -0.4 is 5.32 Å². The van der Waals surface area contributed by atoms with Crippen LogP contribution in [0.4, 0.5) is 5.82 Å². The number of likely N-dealkylation sites (tertiary alicyclic amines) is 1. The van der Waals surface area contributed by atoms with Crippen molar-refractivity contribution < 1.29 is 9.53 Å². The number of hydrogen-bond donors (Lipinski definition) is 1. The van der Waals surface area contributed by atoms with Crippen molar-refractivity contribution in [1.82, 2.24) is 19.7 Å². The largest absolute Gasteiger partial charge is 0.381 e. The number of carbonyl (C=O) groups excluding carboxylic acids is 1. The molecule has 3 aromatic rings. The van der Waals surface area contributed by atoms with Gasteiger partial charge in [0.1, 0.15) is 5.82 Å². The van der Waals surface area contributed by atoms with Gasteiger partial charge in [0.15, 0.2) is 0 Å². The SMILES string of the molecule is COC1CCN(CC(=O)Nc2cc3cc(-c4cnn(C)c4)ccc3cn2)CC1. The Kier molecular flexibility index (Phi) is 5.36. The Bertz CT molecular complexity index is 976. The zero-order valence-electron chi connectivity index (χ0n) is 16.3. The number of pyridine rings is 1. The lowest BCUT2D eigenvalue weighted by Gasteiger charge is -2.30. The van der Waals surface area contributed by atoms with Crippen molar-refractivity contribution in [3.05, 3.63) is 42.9 Å². The summed E-state index contributed by atoms with van der Waals surface area (Å²) in [4.78, 5) is 19.0. The average molecular weight is 379 g/mol. The van der Waals surface area contributed by atoms with Crippen molar-refractivity contribution in [1.29, 1.82) is 0 Å². The molecule has 1 amide bonds. The van der Waals surface area contributed by atoms with Crippen LogP contribution in [0.25, 0.3) is 21.9 Å². The highest BCUT2D eigenvalue weighted by atomic mass is 16.5. The smallest absolute Gasteiger partial charge is 0.239 e. The first-order chi connectivity index (χ1) is 13.6. The maximum Gasteiger partial charge on any atom is 0.239 e. The highest BCUT2D eigenvalue weighted by Crippen LogP contribution is 2.25. The Morgan fingerprint density at radius 1 is 1.18 bits per heavy atom. The molecule has 1 fully saturated rings. The van der Waals surface area contributed by atoms with E-state index in [2.05, 4.69) is 32.4 Å². The van der Waals surface area contributed by atoms with E-state index >= 15 is 0 Å². The van der Waals surface area contributed by atoms with Crippen molar-refractivity contribution in [2.45, 2.75) is 18.9 Å². The normalized spacial score (nSPS) is 15.8. The molecule has 146 valence electrons. The summed E-state index contributed by atoms with van der Waals surface area (Å²) in [6.07, 6.45) is 7.87. The monoisotopic (exact) mass is 379 g/mol. The molecule has 1 N–H and O–H groups in total. The second-order valence-electron chi connectivity index (χ2n) is 7.29. The van der Waals surface area contributed by atoms with Gasteiger partial charge in [-0.2, -0.15) is 5.10 Å². The Balaban J connectivity index is 1.44. The first-order valence-electron chi connectivity index (χ1n) is 9.54. The summed E-state index contributed by atoms with van der Waals surface area (Å²) in [5.41, 5.74) is 2.15. The van der Waals surface area contributed by atoms with Crippen molar-refractivity contribution in [3.63, 3.8) is 0 Å². The van der Waals surface area contributed by atoms with E-state index in [1.54, 1.807) is 18.0 Å². The van der Waals surface area contributed by atoms with Crippen LogP contribution >= 0.6 is 0 Å². The van der Waals surface area contributed by atoms with Crippen LogP contribution in [0.3, 0.4) is 0 Å². The molecule has 1 aliphatic heterocycles. The molecular formula is C21H25N5O2. The van der Waals surface area contributed by atoms with E-state index in [-0.39, 0.29) is 5.91 Å². The number of methoxy groups -OCH3 is 1. The third-order valence-electron chi connectivity index (χ3n) is 5.26. The average Bonchev–Trinajstić information content (AvgIpc) is 3.14. The molecule has 0 bridgehead atoms. The van der Waals surface area contributed by atoms with Crippen LogP contribution in [-0.2, 0) is 16.6 Å². The van der Waals surface area contributed by atoms with Gasteiger partial charge in [0, 0.05) is 50.6 Å². The number of nitrogens with one attached hydrogen (secondary N) is 1. The molecule has 0 atom stereocenters. The molecule has 0 unspecified atom stereocenters. The van der Waals surface area contributed by atoms with Gasteiger partial charge >= 0.3 is 0 Å². The van der Waals surface area contributed by atoms with E-state index in [1.807, 2.05) is 31.6 Å². The fourth-order valence-corrected chi connectivity index (χ4v) is 3.65. The highest BCUT2D eigenvalue weighted by Gasteiger charge is 2.20. The summed E-state index contributed by atoms with van der Waals surface area (Å²) in [5, 5.41) is 9.23. The van der Waals surface area contributed by atoms with Gasteiger partial charge in [0.2, 0.25) is 5.91 Å². The predicted molar refractivity (Wildman–Crippen MR) is 109 cm³/mol. The van der Waals surface area contributed by atoms with Crippen LogP contribution in [-0.4, -0.2) is 58.4 Å². The van der Waals surface area contributed by atoms with E-state index in [4.69, 9.17) is 4.74 Å². The molecule has 3 heterocycles. The Morgan fingerprint density at radius 3 is 2.71 bits per heavy atom. The molecule has 0 saturated carbocycles. The fraction of sp³-hybridized carbons (Fsp3) is 0.381. The first-order valence-corrected chi connectivity index (χ1v) is 9.54. The van der Waals surface area contributed by atoms with E-state index in [9.17, 15) is 4.79 Å². The van der Waals surface area contributed by atoms with Crippen molar-refractivity contribution in [3.8, 4) is 11.1 Å². The number of anilines is 1. The molecule has 1 saturated heterocycles. The number of fused-ring (bicyclic) bond motifs is 1. The third kappa shape index (κ3) is 4.21. The van der Waals surface area contributed by atoms with E-state index in [0.717, 1.165) is 47.8 Å². The summed E-state index contributed by atoms with van der Waals surface area (Å²) in [7, 11) is 3.65. The zero-order chi connectivity index (χ0) is 19.5. The van der Waals surface area contributed by atoms with Crippen molar-refractivity contribution in [2.75, 3.05) is 32.1 Å². The second kappa shape index (κ2) is 8.08. The Hall–Kier alpha value is -2.77. The number of rotatable bonds is 5. The molecule has 4 rings (SSSR count). The Labute approximate surface area is 164 Å². The number of carbonyl (C=O) groups is 1. The number of hydrogen-bond acceptors (Lipinski definition) is 5. The number of nitrogens with zero attached hydrogens (tertiary/aromatic N) is 4. The molecule has 0 spiro atoms. The third-order valence-corrected chi connectivity index (χ3v) is 5.26. The molecule has 1 aromatic carbocycles. The maximum absolute atomic E-state index is 12.4. The lowest BCUT2D eigenvalue weighted by Crippen LogP contribution is -2.41. The molecule has 0 radical (unpaired) electrons. The van der Waals surface area contributed by atoms with Crippen LogP contribution in [0, 0.1) is 0 Å².